The summed E-state index contributed by atoms with van der Waals surface area (Å²) in [7, 11) is 0. The Labute approximate surface area is 222 Å². The monoisotopic (exact) mass is 499 g/mol. The van der Waals surface area contributed by atoms with Gasteiger partial charge in [-0.25, -0.2) is 0 Å². The second kappa shape index (κ2) is 10.2. The average molecular weight is 500 g/mol. The van der Waals surface area contributed by atoms with Gasteiger partial charge in [-0.1, -0.05) is 58.7 Å². The van der Waals surface area contributed by atoms with Gasteiger partial charge in [0.1, 0.15) is 13.2 Å². The van der Waals surface area contributed by atoms with Crippen LogP contribution in [0.4, 0.5) is 0 Å². The summed E-state index contributed by atoms with van der Waals surface area (Å²) in [5, 5.41) is 11.0. The molecule has 1 N–H and O–H groups in total. The number of benzene rings is 3. The Kier molecular flexibility index (Phi) is 7.08. The summed E-state index contributed by atoms with van der Waals surface area (Å²) >= 11 is 0. The maximum Gasteiger partial charge on any atom is 0.162 e. The lowest BCUT2D eigenvalue weighted by Gasteiger charge is -2.49. The SMILES string of the molecule is Cc1cc(C)cc(COc2cc3c(cc2OCc2cc(C)cc(C)c2)[C@@H]2C[C@](C)(O)C[C@@H](C)N2CC3)c1. The van der Waals surface area contributed by atoms with Crippen LogP contribution in [0.2, 0.25) is 0 Å². The van der Waals surface area contributed by atoms with E-state index >= 15 is 0 Å². The number of piperidine rings is 1. The molecule has 0 spiro atoms. The summed E-state index contributed by atoms with van der Waals surface area (Å²) in [4.78, 5) is 2.56. The van der Waals surface area contributed by atoms with Gasteiger partial charge >= 0.3 is 0 Å². The van der Waals surface area contributed by atoms with E-state index in [0.717, 1.165) is 42.9 Å². The Bertz CT molecular complexity index is 1250. The molecule has 0 amide bonds. The third-order valence-corrected chi connectivity index (χ3v) is 7.89. The van der Waals surface area contributed by atoms with E-state index in [2.05, 4.69) is 88.0 Å². The first-order chi connectivity index (χ1) is 17.6. The molecule has 3 aromatic rings. The quantitative estimate of drug-likeness (QED) is 0.400. The van der Waals surface area contributed by atoms with E-state index in [-0.39, 0.29) is 6.04 Å². The lowest BCUT2D eigenvalue weighted by atomic mass is 9.77. The fourth-order valence-electron chi connectivity index (χ4n) is 6.59. The third-order valence-electron chi connectivity index (χ3n) is 7.89. The minimum absolute atomic E-state index is 0.194. The molecule has 2 aliphatic heterocycles. The van der Waals surface area contributed by atoms with Gasteiger partial charge in [-0.15, -0.1) is 0 Å². The Balaban J connectivity index is 1.48. The van der Waals surface area contributed by atoms with Crippen molar-refractivity contribution in [3.63, 3.8) is 0 Å². The van der Waals surface area contributed by atoms with Crippen molar-refractivity contribution in [2.24, 2.45) is 0 Å². The minimum atomic E-state index is -0.659. The molecule has 0 aromatic heterocycles. The Morgan fingerprint density at radius 2 is 1.30 bits per heavy atom. The highest BCUT2D eigenvalue weighted by atomic mass is 16.5. The first kappa shape index (κ1) is 25.8. The average Bonchev–Trinajstić information content (AvgIpc) is 2.79. The highest BCUT2D eigenvalue weighted by Crippen LogP contribution is 2.46. The molecule has 196 valence electrons. The number of nitrogens with zero attached hydrogens (tertiary/aromatic N) is 1. The molecule has 37 heavy (non-hydrogen) atoms. The van der Waals surface area contributed by atoms with Crippen molar-refractivity contribution in [3.8, 4) is 11.5 Å². The van der Waals surface area contributed by atoms with Gasteiger partial charge in [-0.3, -0.25) is 4.90 Å². The zero-order chi connectivity index (χ0) is 26.3. The summed E-state index contributed by atoms with van der Waals surface area (Å²) in [6, 6.07) is 18.0. The predicted molar refractivity (Wildman–Crippen MR) is 149 cm³/mol. The van der Waals surface area contributed by atoms with Crippen molar-refractivity contribution >= 4 is 0 Å². The van der Waals surface area contributed by atoms with Crippen LogP contribution in [0.3, 0.4) is 0 Å². The van der Waals surface area contributed by atoms with Crippen LogP contribution < -0.4 is 9.47 Å². The van der Waals surface area contributed by atoms with Crippen molar-refractivity contribution in [1.82, 2.24) is 4.90 Å². The molecule has 4 heteroatoms. The largest absolute Gasteiger partial charge is 0.485 e. The zero-order valence-corrected chi connectivity index (χ0v) is 23.2. The van der Waals surface area contributed by atoms with E-state index in [0.29, 0.717) is 19.3 Å². The maximum atomic E-state index is 11.0. The molecule has 1 fully saturated rings. The van der Waals surface area contributed by atoms with Crippen molar-refractivity contribution < 1.29 is 14.6 Å². The number of fused-ring (bicyclic) bond motifs is 3. The van der Waals surface area contributed by atoms with Crippen LogP contribution in [0.15, 0.2) is 48.5 Å². The third kappa shape index (κ3) is 5.86. The zero-order valence-electron chi connectivity index (χ0n) is 23.2. The molecule has 0 unspecified atom stereocenters. The number of ether oxygens (including phenoxy) is 2. The van der Waals surface area contributed by atoms with E-state index in [4.69, 9.17) is 9.47 Å². The molecule has 4 nitrogen and oxygen atoms in total. The molecule has 2 heterocycles. The van der Waals surface area contributed by atoms with Crippen molar-refractivity contribution in [3.05, 3.63) is 93.0 Å². The molecule has 0 bridgehead atoms. The number of rotatable bonds is 6. The minimum Gasteiger partial charge on any atom is -0.485 e. The van der Waals surface area contributed by atoms with Gasteiger partial charge in [0, 0.05) is 18.6 Å². The fourth-order valence-corrected chi connectivity index (χ4v) is 6.59. The number of hydrogen-bond donors (Lipinski definition) is 1. The topological polar surface area (TPSA) is 41.9 Å². The highest BCUT2D eigenvalue weighted by molar-refractivity contribution is 5.50. The fraction of sp³-hybridized carbons (Fsp3) is 0.455. The Hall–Kier alpha value is -2.82. The summed E-state index contributed by atoms with van der Waals surface area (Å²) in [5.41, 5.74) is 9.21. The van der Waals surface area contributed by atoms with E-state index in [9.17, 15) is 5.11 Å². The van der Waals surface area contributed by atoms with Gasteiger partial charge in [0.05, 0.1) is 5.60 Å². The molecule has 0 aliphatic carbocycles. The Morgan fingerprint density at radius 3 is 1.84 bits per heavy atom. The second-order valence-corrected chi connectivity index (χ2v) is 11.8. The van der Waals surface area contributed by atoms with Crippen LogP contribution in [0, 0.1) is 27.7 Å². The number of hydrogen-bond acceptors (Lipinski definition) is 4. The standard InChI is InChI=1S/C33H41NO3/c1-21-9-22(2)12-26(11-21)19-36-31-15-28-7-8-34-25(5)17-33(6,35)18-30(34)29(28)16-32(31)37-20-27-13-23(3)10-24(4)14-27/h9-16,25,30,35H,7-8,17-20H2,1-6H3/t25-,30+,33-/m1/s1. The smallest absolute Gasteiger partial charge is 0.162 e. The molecule has 0 radical (unpaired) electrons. The summed E-state index contributed by atoms with van der Waals surface area (Å²) in [6.07, 6.45) is 2.53. The molecule has 5 rings (SSSR count). The van der Waals surface area contributed by atoms with Gasteiger partial charge in [-0.2, -0.15) is 0 Å². The van der Waals surface area contributed by atoms with Gasteiger partial charge in [-0.05, 0) is 95.2 Å². The normalized spacial score (nSPS) is 23.3. The van der Waals surface area contributed by atoms with Crippen molar-refractivity contribution in [2.45, 2.75) is 91.7 Å². The van der Waals surface area contributed by atoms with Gasteiger partial charge in [0.15, 0.2) is 11.5 Å². The molecule has 3 aromatic carbocycles. The highest BCUT2D eigenvalue weighted by Gasteiger charge is 2.42. The maximum absolute atomic E-state index is 11.0. The van der Waals surface area contributed by atoms with Gasteiger partial charge in [0.25, 0.3) is 0 Å². The van der Waals surface area contributed by atoms with Gasteiger partial charge in [0.2, 0.25) is 0 Å². The first-order valence-corrected chi connectivity index (χ1v) is 13.6. The molecule has 3 atom stereocenters. The molecule has 1 saturated heterocycles. The molecular weight excluding hydrogens is 458 g/mol. The molecule has 2 aliphatic rings. The number of aliphatic hydroxyl groups is 1. The van der Waals surface area contributed by atoms with E-state index in [1.165, 1.54) is 38.9 Å². The lowest BCUT2D eigenvalue weighted by molar-refractivity contribution is -0.0628. The summed E-state index contributed by atoms with van der Waals surface area (Å²) in [6.45, 7) is 14.7. The van der Waals surface area contributed by atoms with E-state index in [1.54, 1.807) is 0 Å². The lowest BCUT2D eigenvalue weighted by Crippen LogP contribution is -2.52. The van der Waals surface area contributed by atoms with E-state index in [1.807, 2.05) is 6.92 Å². The van der Waals surface area contributed by atoms with Crippen LogP contribution in [0.5, 0.6) is 11.5 Å². The van der Waals surface area contributed by atoms with Crippen LogP contribution in [-0.4, -0.2) is 28.2 Å². The van der Waals surface area contributed by atoms with Gasteiger partial charge < -0.3 is 14.6 Å². The van der Waals surface area contributed by atoms with Crippen LogP contribution in [0.1, 0.15) is 77.2 Å². The molecular formula is C33H41NO3. The second-order valence-electron chi connectivity index (χ2n) is 11.8. The van der Waals surface area contributed by atoms with Crippen molar-refractivity contribution in [1.29, 1.82) is 0 Å². The first-order valence-electron chi connectivity index (χ1n) is 13.6. The Morgan fingerprint density at radius 1 is 0.784 bits per heavy atom. The summed E-state index contributed by atoms with van der Waals surface area (Å²) in [5.74, 6) is 1.58. The van der Waals surface area contributed by atoms with E-state index < -0.39 is 5.60 Å². The van der Waals surface area contributed by atoms with Crippen LogP contribution in [0.25, 0.3) is 0 Å². The summed E-state index contributed by atoms with van der Waals surface area (Å²) < 4.78 is 12.9. The van der Waals surface area contributed by atoms with Crippen LogP contribution in [-0.2, 0) is 19.6 Å². The predicted octanol–water partition coefficient (Wildman–Crippen LogP) is 6.91. The molecule has 0 saturated carbocycles. The number of aryl methyl sites for hydroxylation is 4. The van der Waals surface area contributed by atoms with Crippen LogP contribution >= 0.6 is 0 Å². The van der Waals surface area contributed by atoms with Crippen molar-refractivity contribution in [2.75, 3.05) is 6.54 Å².